The van der Waals surface area contributed by atoms with Gasteiger partial charge in [-0.15, -0.1) is 0 Å². The predicted molar refractivity (Wildman–Crippen MR) is 76.9 cm³/mol. The van der Waals surface area contributed by atoms with Crippen molar-refractivity contribution < 1.29 is 9.47 Å². The number of rotatable bonds is 4. The molecule has 2 heteroatoms. The fraction of sp³-hybridized carbons (Fsp3) is 1.00. The molecule has 2 aliphatic carbocycles. The van der Waals surface area contributed by atoms with Crippen LogP contribution in [-0.4, -0.2) is 18.5 Å². The molecule has 110 valence electrons. The molecule has 2 nitrogen and oxygen atoms in total. The molecule has 1 saturated heterocycles. The van der Waals surface area contributed by atoms with E-state index in [-0.39, 0.29) is 5.79 Å². The Morgan fingerprint density at radius 2 is 1.74 bits per heavy atom. The highest BCUT2D eigenvalue weighted by Gasteiger charge is 2.45. The first-order valence-electron chi connectivity index (χ1n) is 8.56. The van der Waals surface area contributed by atoms with E-state index in [1.54, 1.807) is 0 Å². The van der Waals surface area contributed by atoms with Gasteiger partial charge in [-0.25, -0.2) is 0 Å². The smallest absolute Gasteiger partial charge is 0.168 e. The van der Waals surface area contributed by atoms with E-state index in [2.05, 4.69) is 13.8 Å². The van der Waals surface area contributed by atoms with Crippen LogP contribution in [0.3, 0.4) is 0 Å². The normalized spacial score (nSPS) is 41.4. The van der Waals surface area contributed by atoms with Gasteiger partial charge in [0.25, 0.3) is 0 Å². The minimum absolute atomic E-state index is 0.158. The lowest BCUT2D eigenvalue weighted by molar-refractivity contribution is -0.163. The van der Waals surface area contributed by atoms with E-state index in [0.717, 1.165) is 37.2 Å². The standard InChI is InChI=1S/C17H30O2/c1-3-13-9-14(4-2)15(10-13)11-16-12-18-17(19-16)7-5-6-8-17/h13-16H,3-12H2,1-2H3. The second-order valence-corrected chi connectivity index (χ2v) is 7.08. The lowest BCUT2D eigenvalue weighted by Crippen LogP contribution is -2.27. The Morgan fingerprint density at radius 3 is 2.42 bits per heavy atom. The Hall–Kier alpha value is -0.0800. The van der Waals surface area contributed by atoms with Gasteiger partial charge in [0.15, 0.2) is 5.79 Å². The van der Waals surface area contributed by atoms with Crippen molar-refractivity contribution in [3.63, 3.8) is 0 Å². The minimum atomic E-state index is -0.158. The summed E-state index contributed by atoms with van der Waals surface area (Å²) in [6.45, 7) is 5.56. The summed E-state index contributed by atoms with van der Waals surface area (Å²) >= 11 is 0. The van der Waals surface area contributed by atoms with Crippen molar-refractivity contribution >= 4 is 0 Å². The van der Waals surface area contributed by atoms with E-state index < -0.39 is 0 Å². The van der Waals surface area contributed by atoms with E-state index in [9.17, 15) is 0 Å². The second kappa shape index (κ2) is 5.73. The molecule has 1 aliphatic heterocycles. The summed E-state index contributed by atoms with van der Waals surface area (Å²) in [7, 11) is 0. The van der Waals surface area contributed by atoms with Crippen molar-refractivity contribution in [2.45, 2.75) is 83.5 Å². The molecule has 0 aromatic heterocycles. The highest BCUT2D eigenvalue weighted by Crippen LogP contribution is 2.45. The van der Waals surface area contributed by atoms with Crippen LogP contribution in [0.4, 0.5) is 0 Å². The Kier molecular flexibility index (Phi) is 4.19. The molecule has 0 amide bonds. The van der Waals surface area contributed by atoms with Crippen molar-refractivity contribution in [1.29, 1.82) is 0 Å². The van der Waals surface area contributed by atoms with Crippen molar-refractivity contribution in [3.05, 3.63) is 0 Å². The van der Waals surface area contributed by atoms with Crippen LogP contribution in [0.2, 0.25) is 0 Å². The lowest BCUT2D eigenvalue weighted by atomic mass is 9.89. The van der Waals surface area contributed by atoms with E-state index in [1.165, 1.54) is 44.9 Å². The zero-order chi connectivity index (χ0) is 13.3. The lowest BCUT2D eigenvalue weighted by Gasteiger charge is -2.24. The van der Waals surface area contributed by atoms with Crippen LogP contribution in [0.15, 0.2) is 0 Å². The van der Waals surface area contributed by atoms with Gasteiger partial charge in [-0.3, -0.25) is 0 Å². The molecule has 3 aliphatic rings. The summed E-state index contributed by atoms with van der Waals surface area (Å²) in [5, 5.41) is 0. The molecular weight excluding hydrogens is 236 g/mol. The maximum absolute atomic E-state index is 6.31. The first kappa shape index (κ1) is 13.9. The molecule has 1 heterocycles. The van der Waals surface area contributed by atoms with Crippen molar-refractivity contribution in [2.75, 3.05) is 6.61 Å². The summed E-state index contributed by atoms with van der Waals surface area (Å²) < 4.78 is 12.3. The second-order valence-electron chi connectivity index (χ2n) is 7.08. The molecule has 3 fully saturated rings. The highest BCUT2D eigenvalue weighted by atomic mass is 16.7. The third-order valence-electron chi connectivity index (χ3n) is 5.89. The van der Waals surface area contributed by atoms with E-state index in [0.29, 0.717) is 6.10 Å². The first-order chi connectivity index (χ1) is 9.24. The monoisotopic (exact) mass is 266 g/mol. The Balaban J connectivity index is 1.54. The van der Waals surface area contributed by atoms with Crippen LogP contribution >= 0.6 is 0 Å². The Labute approximate surface area is 118 Å². The Bertz CT molecular complexity index is 296. The average molecular weight is 266 g/mol. The zero-order valence-corrected chi connectivity index (χ0v) is 12.7. The molecule has 0 radical (unpaired) electrons. The minimum Gasteiger partial charge on any atom is -0.347 e. The van der Waals surface area contributed by atoms with Crippen LogP contribution in [0.5, 0.6) is 0 Å². The largest absolute Gasteiger partial charge is 0.347 e. The summed E-state index contributed by atoms with van der Waals surface area (Å²) in [5.41, 5.74) is 0. The van der Waals surface area contributed by atoms with Crippen molar-refractivity contribution in [3.8, 4) is 0 Å². The van der Waals surface area contributed by atoms with Crippen LogP contribution in [-0.2, 0) is 9.47 Å². The van der Waals surface area contributed by atoms with E-state index in [1.807, 2.05) is 0 Å². The van der Waals surface area contributed by atoms with Gasteiger partial charge in [0, 0.05) is 12.8 Å². The van der Waals surface area contributed by atoms with Crippen molar-refractivity contribution in [2.24, 2.45) is 17.8 Å². The molecule has 0 N–H and O–H groups in total. The summed E-state index contributed by atoms with van der Waals surface area (Å²) in [4.78, 5) is 0. The SMILES string of the molecule is CCC1CC(CC)C(CC2COC3(CCCC3)O2)C1. The van der Waals surface area contributed by atoms with Crippen molar-refractivity contribution in [1.82, 2.24) is 0 Å². The fourth-order valence-corrected chi connectivity index (χ4v) is 4.71. The molecule has 0 aromatic carbocycles. The molecule has 4 atom stereocenters. The van der Waals surface area contributed by atoms with E-state index in [4.69, 9.17) is 9.47 Å². The topological polar surface area (TPSA) is 18.5 Å². The van der Waals surface area contributed by atoms with Gasteiger partial charge < -0.3 is 9.47 Å². The maximum atomic E-state index is 6.31. The third-order valence-corrected chi connectivity index (χ3v) is 5.89. The number of hydrogen-bond acceptors (Lipinski definition) is 2. The predicted octanol–water partition coefficient (Wildman–Crippen LogP) is 4.52. The van der Waals surface area contributed by atoms with Gasteiger partial charge >= 0.3 is 0 Å². The molecule has 2 saturated carbocycles. The van der Waals surface area contributed by atoms with Gasteiger partial charge in [-0.2, -0.15) is 0 Å². The highest BCUT2D eigenvalue weighted by molar-refractivity contribution is 4.88. The molecule has 0 bridgehead atoms. The quantitative estimate of drug-likeness (QED) is 0.744. The Morgan fingerprint density at radius 1 is 1.00 bits per heavy atom. The maximum Gasteiger partial charge on any atom is 0.168 e. The van der Waals surface area contributed by atoms with Gasteiger partial charge in [-0.1, -0.05) is 26.7 Å². The summed E-state index contributed by atoms with van der Waals surface area (Å²) in [5.74, 6) is 2.64. The van der Waals surface area contributed by atoms with Gasteiger partial charge in [-0.05, 0) is 49.9 Å². The van der Waals surface area contributed by atoms with Gasteiger partial charge in [0.05, 0.1) is 12.7 Å². The molecule has 3 rings (SSSR count). The third kappa shape index (κ3) is 2.85. The van der Waals surface area contributed by atoms with Crippen LogP contribution in [0.1, 0.15) is 71.6 Å². The first-order valence-corrected chi connectivity index (χ1v) is 8.56. The molecular formula is C17H30O2. The molecule has 19 heavy (non-hydrogen) atoms. The van der Waals surface area contributed by atoms with Crippen LogP contribution in [0, 0.1) is 17.8 Å². The fourth-order valence-electron chi connectivity index (χ4n) is 4.71. The zero-order valence-electron chi connectivity index (χ0n) is 12.7. The summed E-state index contributed by atoms with van der Waals surface area (Å²) in [6.07, 6.45) is 12.0. The summed E-state index contributed by atoms with van der Waals surface area (Å²) in [6, 6.07) is 0. The number of ether oxygens (including phenoxy) is 2. The van der Waals surface area contributed by atoms with Crippen LogP contribution in [0.25, 0.3) is 0 Å². The van der Waals surface area contributed by atoms with Gasteiger partial charge in [0.1, 0.15) is 0 Å². The molecule has 1 spiro atoms. The van der Waals surface area contributed by atoms with E-state index >= 15 is 0 Å². The van der Waals surface area contributed by atoms with Crippen LogP contribution < -0.4 is 0 Å². The van der Waals surface area contributed by atoms with Gasteiger partial charge in [0.2, 0.25) is 0 Å². The number of hydrogen-bond donors (Lipinski definition) is 0. The average Bonchev–Trinajstić information content (AvgIpc) is 3.12. The molecule has 0 aromatic rings. The molecule has 4 unspecified atom stereocenters.